The lowest BCUT2D eigenvalue weighted by molar-refractivity contribution is -0.385. The molecule has 58 valence electrons. The van der Waals surface area contributed by atoms with E-state index in [4.69, 9.17) is 0 Å². The van der Waals surface area contributed by atoms with Gasteiger partial charge >= 0.3 is 0 Å². The molecule has 11 heavy (non-hydrogen) atoms. The maximum Gasteiger partial charge on any atom is 0.276 e. The Hall–Kier alpha value is -0.970. The first-order chi connectivity index (χ1) is 5.13. The second kappa shape index (κ2) is 2.96. The molecule has 1 heterocycles. The molecule has 0 fully saturated rings. The van der Waals surface area contributed by atoms with Crippen LogP contribution in [-0.2, 0) is 0 Å². The van der Waals surface area contributed by atoms with Crippen LogP contribution in [0, 0.1) is 17.0 Å². The molecule has 0 aliphatic heterocycles. The van der Waals surface area contributed by atoms with Gasteiger partial charge in [0.15, 0.2) is 0 Å². The van der Waals surface area contributed by atoms with Crippen molar-refractivity contribution in [2.24, 2.45) is 0 Å². The van der Waals surface area contributed by atoms with Crippen LogP contribution in [0.1, 0.15) is 5.56 Å². The molecule has 0 N–H and O–H groups in total. The van der Waals surface area contributed by atoms with Crippen molar-refractivity contribution in [1.29, 1.82) is 0 Å². The number of pyridine rings is 1. The van der Waals surface area contributed by atoms with E-state index in [2.05, 4.69) is 20.9 Å². The van der Waals surface area contributed by atoms with Gasteiger partial charge in [-0.15, -0.1) is 0 Å². The lowest BCUT2D eigenvalue weighted by atomic mass is 10.3. The van der Waals surface area contributed by atoms with E-state index in [1.165, 1.54) is 12.3 Å². The number of aromatic nitrogens is 1. The molecule has 0 unspecified atom stereocenters. The summed E-state index contributed by atoms with van der Waals surface area (Å²) in [5, 5.41) is 10.3. The molecule has 1 aromatic heterocycles. The Morgan fingerprint density at radius 1 is 1.73 bits per heavy atom. The van der Waals surface area contributed by atoms with Crippen molar-refractivity contribution >= 4 is 21.6 Å². The van der Waals surface area contributed by atoms with Crippen LogP contribution in [0.15, 0.2) is 16.9 Å². The summed E-state index contributed by atoms with van der Waals surface area (Å²) in [6.07, 6.45) is 1.40. The predicted octanol–water partition coefficient (Wildman–Crippen LogP) is 2.06. The number of nitro groups is 1. The minimum Gasteiger partial charge on any atom is -0.258 e. The Balaban J connectivity index is 3.27. The first-order valence-corrected chi connectivity index (χ1v) is 3.67. The molecule has 1 rings (SSSR count). The lowest BCUT2D eigenvalue weighted by Crippen LogP contribution is -1.92. The van der Waals surface area contributed by atoms with Crippen molar-refractivity contribution in [2.45, 2.75) is 6.92 Å². The SMILES string of the molecule is Cc1c([N+](=O)[O-])ccnc1Br. The number of halogens is 1. The highest BCUT2D eigenvalue weighted by atomic mass is 79.9. The number of hydrogen-bond donors (Lipinski definition) is 0. The van der Waals surface area contributed by atoms with Crippen LogP contribution >= 0.6 is 15.9 Å². The summed E-state index contributed by atoms with van der Waals surface area (Å²) >= 11 is 3.10. The molecule has 0 atom stereocenters. The minimum absolute atomic E-state index is 0.0897. The first kappa shape index (κ1) is 8.13. The van der Waals surface area contributed by atoms with Gasteiger partial charge in [-0.2, -0.15) is 0 Å². The van der Waals surface area contributed by atoms with Gasteiger partial charge in [0.1, 0.15) is 4.60 Å². The van der Waals surface area contributed by atoms with Gasteiger partial charge in [0.2, 0.25) is 0 Å². The zero-order chi connectivity index (χ0) is 8.43. The van der Waals surface area contributed by atoms with E-state index in [9.17, 15) is 10.1 Å². The van der Waals surface area contributed by atoms with Crippen LogP contribution in [-0.4, -0.2) is 9.91 Å². The maximum absolute atomic E-state index is 10.3. The molecule has 0 aromatic carbocycles. The van der Waals surface area contributed by atoms with E-state index >= 15 is 0 Å². The molecular formula is C6H5BrN2O2. The van der Waals surface area contributed by atoms with Crippen molar-refractivity contribution in [1.82, 2.24) is 4.98 Å². The number of hydrogen-bond acceptors (Lipinski definition) is 3. The Bertz CT molecular complexity index is 301. The van der Waals surface area contributed by atoms with Gasteiger partial charge < -0.3 is 0 Å². The third-order valence-corrected chi connectivity index (χ3v) is 2.11. The summed E-state index contributed by atoms with van der Waals surface area (Å²) in [6.45, 7) is 1.65. The largest absolute Gasteiger partial charge is 0.276 e. The maximum atomic E-state index is 10.3. The molecule has 0 aliphatic rings. The van der Waals surface area contributed by atoms with Gasteiger partial charge in [-0.05, 0) is 22.9 Å². The monoisotopic (exact) mass is 216 g/mol. The summed E-state index contributed by atoms with van der Waals surface area (Å²) in [4.78, 5) is 13.7. The van der Waals surface area contributed by atoms with Gasteiger partial charge in [-0.3, -0.25) is 10.1 Å². The fraction of sp³-hybridized carbons (Fsp3) is 0.167. The van der Waals surface area contributed by atoms with Crippen molar-refractivity contribution in [3.05, 3.63) is 32.5 Å². The average molecular weight is 217 g/mol. The van der Waals surface area contributed by atoms with Crippen molar-refractivity contribution in [3.63, 3.8) is 0 Å². The van der Waals surface area contributed by atoms with Gasteiger partial charge in [-0.25, -0.2) is 4.98 Å². The quantitative estimate of drug-likeness (QED) is 0.411. The number of rotatable bonds is 1. The van der Waals surface area contributed by atoms with E-state index in [0.29, 0.717) is 10.2 Å². The smallest absolute Gasteiger partial charge is 0.258 e. The van der Waals surface area contributed by atoms with Crippen LogP contribution in [0.25, 0.3) is 0 Å². The molecule has 0 spiro atoms. The molecule has 0 saturated carbocycles. The number of nitrogens with zero attached hydrogens (tertiary/aromatic N) is 2. The summed E-state index contributed by atoms with van der Waals surface area (Å²) in [6, 6.07) is 1.38. The highest BCUT2D eigenvalue weighted by molar-refractivity contribution is 9.10. The summed E-state index contributed by atoms with van der Waals surface area (Å²) in [5.74, 6) is 0. The van der Waals surface area contributed by atoms with Crippen LogP contribution in [0.3, 0.4) is 0 Å². The summed E-state index contributed by atoms with van der Waals surface area (Å²) in [5.41, 5.74) is 0.643. The highest BCUT2D eigenvalue weighted by Gasteiger charge is 2.11. The Morgan fingerprint density at radius 2 is 2.36 bits per heavy atom. The Morgan fingerprint density at radius 3 is 2.82 bits per heavy atom. The predicted molar refractivity (Wildman–Crippen MR) is 43.3 cm³/mol. The lowest BCUT2D eigenvalue weighted by Gasteiger charge is -1.96. The van der Waals surface area contributed by atoms with Gasteiger partial charge in [0.25, 0.3) is 5.69 Å². The molecular weight excluding hydrogens is 212 g/mol. The zero-order valence-electron chi connectivity index (χ0n) is 5.74. The molecule has 5 heteroatoms. The summed E-state index contributed by atoms with van der Waals surface area (Å²) < 4.78 is 0.520. The standard InChI is InChI=1S/C6H5BrN2O2/c1-4-5(9(10)11)2-3-8-6(4)7/h2-3H,1H3. The van der Waals surface area contributed by atoms with E-state index in [-0.39, 0.29) is 5.69 Å². The van der Waals surface area contributed by atoms with Crippen LogP contribution in [0.2, 0.25) is 0 Å². The fourth-order valence-electron chi connectivity index (χ4n) is 0.699. The molecule has 0 radical (unpaired) electrons. The minimum atomic E-state index is -0.429. The van der Waals surface area contributed by atoms with E-state index in [1.54, 1.807) is 6.92 Å². The van der Waals surface area contributed by atoms with Gasteiger partial charge in [0.05, 0.1) is 10.5 Å². The topological polar surface area (TPSA) is 56.0 Å². The van der Waals surface area contributed by atoms with Crippen molar-refractivity contribution in [3.8, 4) is 0 Å². The molecule has 0 saturated heterocycles. The van der Waals surface area contributed by atoms with Crippen LogP contribution in [0.4, 0.5) is 5.69 Å². The highest BCUT2D eigenvalue weighted by Crippen LogP contribution is 2.22. The van der Waals surface area contributed by atoms with E-state index in [0.717, 1.165) is 0 Å². The van der Waals surface area contributed by atoms with Gasteiger partial charge in [0, 0.05) is 12.3 Å². The third-order valence-electron chi connectivity index (χ3n) is 1.31. The van der Waals surface area contributed by atoms with Crippen molar-refractivity contribution < 1.29 is 4.92 Å². The molecule has 0 bridgehead atoms. The Labute approximate surface area is 71.5 Å². The first-order valence-electron chi connectivity index (χ1n) is 2.88. The second-order valence-corrected chi connectivity index (χ2v) is 2.75. The normalized spacial score (nSPS) is 9.64. The molecule has 0 aliphatic carbocycles. The molecule has 0 amide bonds. The van der Waals surface area contributed by atoms with Gasteiger partial charge in [-0.1, -0.05) is 0 Å². The third kappa shape index (κ3) is 1.54. The Kier molecular flexibility index (Phi) is 2.19. The molecule has 1 aromatic rings. The summed E-state index contributed by atoms with van der Waals surface area (Å²) in [7, 11) is 0. The fourth-order valence-corrected chi connectivity index (χ4v) is 1.02. The molecule has 4 nitrogen and oxygen atoms in total. The van der Waals surface area contributed by atoms with E-state index < -0.39 is 4.92 Å². The van der Waals surface area contributed by atoms with Crippen LogP contribution < -0.4 is 0 Å². The zero-order valence-corrected chi connectivity index (χ0v) is 7.33. The average Bonchev–Trinajstić information content (AvgIpc) is 1.94. The van der Waals surface area contributed by atoms with Crippen LogP contribution in [0.5, 0.6) is 0 Å². The van der Waals surface area contributed by atoms with Crippen molar-refractivity contribution in [2.75, 3.05) is 0 Å². The van der Waals surface area contributed by atoms with E-state index in [1.807, 2.05) is 0 Å². The second-order valence-electron chi connectivity index (χ2n) is 2.00.